The van der Waals surface area contributed by atoms with Crippen molar-refractivity contribution in [1.29, 1.82) is 0 Å². The standard InChI is InChI=1S/C17H20ClFN2OS/c1-22-14-4-3-12(11-13(14)19)17(15-5-6-16(18)23-15)21-9-2-7-20-8-10-21/h3-6,11,17,20H,2,7-10H2,1H3. The predicted molar refractivity (Wildman–Crippen MR) is 93.2 cm³/mol. The molecule has 0 bridgehead atoms. The van der Waals surface area contributed by atoms with Crippen LogP contribution < -0.4 is 10.1 Å². The van der Waals surface area contributed by atoms with Crippen LogP contribution in [0.15, 0.2) is 30.3 Å². The van der Waals surface area contributed by atoms with Crippen molar-refractivity contribution in [2.24, 2.45) is 0 Å². The first-order chi connectivity index (χ1) is 11.2. The van der Waals surface area contributed by atoms with Crippen LogP contribution >= 0.6 is 22.9 Å². The Morgan fingerprint density at radius 1 is 1.26 bits per heavy atom. The van der Waals surface area contributed by atoms with Crippen LogP contribution in [0, 0.1) is 5.82 Å². The van der Waals surface area contributed by atoms with Gasteiger partial charge in [-0.05, 0) is 42.8 Å². The van der Waals surface area contributed by atoms with Crippen LogP contribution in [0.3, 0.4) is 0 Å². The minimum absolute atomic E-state index is 0.0211. The Balaban J connectivity index is 1.98. The summed E-state index contributed by atoms with van der Waals surface area (Å²) in [6.07, 6.45) is 1.08. The maximum atomic E-state index is 14.2. The highest BCUT2D eigenvalue weighted by Gasteiger charge is 2.25. The Morgan fingerprint density at radius 3 is 2.83 bits per heavy atom. The van der Waals surface area contributed by atoms with E-state index in [0.717, 1.165) is 47.4 Å². The van der Waals surface area contributed by atoms with Gasteiger partial charge in [0.1, 0.15) is 0 Å². The van der Waals surface area contributed by atoms with E-state index in [0.29, 0.717) is 0 Å². The zero-order chi connectivity index (χ0) is 16.2. The van der Waals surface area contributed by atoms with Crippen LogP contribution in [0.25, 0.3) is 0 Å². The molecular formula is C17H20ClFN2OS. The number of hydrogen-bond donors (Lipinski definition) is 1. The molecule has 0 saturated carbocycles. The van der Waals surface area contributed by atoms with Crippen molar-refractivity contribution in [1.82, 2.24) is 10.2 Å². The molecule has 1 fully saturated rings. The van der Waals surface area contributed by atoms with Gasteiger partial charge in [0, 0.05) is 24.5 Å². The van der Waals surface area contributed by atoms with Gasteiger partial charge in [-0.1, -0.05) is 17.7 Å². The van der Waals surface area contributed by atoms with Crippen molar-refractivity contribution in [2.45, 2.75) is 12.5 Å². The quantitative estimate of drug-likeness (QED) is 0.900. The van der Waals surface area contributed by atoms with Crippen molar-refractivity contribution in [3.8, 4) is 5.75 Å². The molecule has 124 valence electrons. The molecule has 6 heteroatoms. The summed E-state index contributed by atoms with van der Waals surface area (Å²) in [7, 11) is 1.48. The molecule has 23 heavy (non-hydrogen) atoms. The summed E-state index contributed by atoms with van der Waals surface area (Å²) < 4.78 is 20.0. The van der Waals surface area contributed by atoms with Gasteiger partial charge in [0.15, 0.2) is 11.6 Å². The molecule has 0 radical (unpaired) electrons. The molecule has 1 unspecified atom stereocenters. The molecule has 1 aromatic heterocycles. The zero-order valence-electron chi connectivity index (χ0n) is 13.0. The second-order valence-corrected chi connectivity index (χ2v) is 7.32. The van der Waals surface area contributed by atoms with Gasteiger partial charge in [0.05, 0.1) is 17.5 Å². The molecule has 2 aromatic rings. The third-order valence-corrected chi connectivity index (χ3v) is 5.38. The molecule has 1 aromatic carbocycles. The molecule has 1 aliphatic rings. The lowest BCUT2D eigenvalue weighted by Crippen LogP contribution is -2.32. The van der Waals surface area contributed by atoms with Crippen LogP contribution in [0.1, 0.15) is 22.9 Å². The first-order valence-electron chi connectivity index (χ1n) is 7.72. The number of methoxy groups -OCH3 is 1. The topological polar surface area (TPSA) is 24.5 Å². The maximum Gasteiger partial charge on any atom is 0.165 e. The largest absolute Gasteiger partial charge is 0.494 e. The van der Waals surface area contributed by atoms with E-state index in [1.54, 1.807) is 23.5 Å². The number of ether oxygens (including phenoxy) is 1. The van der Waals surface area contributed by atoms with Crippen molar-refractivity contribution in [3.05, 3.63) is 50.9 Å². The molecule has 1 atom stereocenters. The monoisotopic (exact) mass is 354 g/mol. The summed E-state index contributed by atoms with van der Waals surface area (Å²) in [5.74, 6) is -0.0557. The highest BCUT2D eigenvalue weighted by Crippen LogP contribution is 2.36. The number of nitrogens with one attached hydrogen (secondary N) is 1. The Morgan fingerprint density at radius 2 is 2.13 bits per heavy atom. The average Bonchev–Trinajstić information content (AvgIpc) is 2.80. The van der Waals surface area contributed by atoms with Crippen LogP contribution in [-0.4, -0.2) is 38.2 Å². The summed E-state index contributed by atoms with van der Waals surface area (Å²) in [6.45, 7) is 3.86. The predicted octanol–water partition coefficient (Wildman–Crippen LogP) is 3.93. The van der Waals surface area contributed by atoms with E-state index in [-0.39, 0.29) is 17.6 Å². The summed E-state index contributed by atoms with van der Waals surface area (Å²) >= 11 is 7.69. The first-order valence-corrected chi connectivity index (χ1v) is 8.92. The van der Waals surface area contributed by atoms with Gasteiger partial charge < -0.3 is 10.1 Å². The molecule has 1 N–H and O–H groups in total. The molecule has 0 spiro atoms. The third kappa shape index (κ3) is 3.86. The van der Waals surface area contributed by atoms with E-state index in [2.05, 4.69) is 10.2 Å². The Labute approximate surface area is 145 Å². The highest BCUT2D eigenvalue weighted by atomic mass is 35.5. The van der Waals surface area contributed by atoms with Gasteiger partial charge in [0.25, 0.3) is 0 Å². The third-order valence-electron chi connectivity index (χ3n) is 4.09. The summed E-state index contributed by atoms with van der Waals surface area (Å²) in [5.41, 5.74) is 0.934. The second kappa shape index (κ2) is 7.62. The van der Waals surface area contributed by atoms with Crippen LogP contribution in [0.5, 0.6) is 5.75 Å². The lowest BCUT2D eigenvalue weighted by Gasteiger charge is -2.30. The lowest BCUT2D eigenvalue weighted by atomic mass is 10.0. The molecule has 2 heterocycles. The number of benzene rings is 1. The van der Waals surface area contributed by atoms with E-state index >= 15 is 0 Å². The fourth-order valence-corrected chi connectivity index (χ4v) is 4.23. The van der Waals surface area contributed by atoms with E-state index < -0.39 is 0 Å². The van der Waals surface area contributed by atoms with Crippen LogP contribution in [0.2, 0.25) is 4.34 Å². The van der Waals surface area contributed by atoms with Gasteiger partial charge in [-0.2, -0.15) is 0 Å². The van der Waals surface area contributed by atoms with Crippen molar-refractivity contribution < 1.29 is 9.13 Å². The van der Waals surface area contributed by atoms with Gasteiger partial charge >= 0.3 is 0 Å². The van der Waals surface area contributed by atoms with Crippen molar-refractivity contribution in [2.75, 3.05) is 33.3 Å². The minimum atomic E-state index is -0.328. The summed E-state index contributed by atoms with van der Waals surface area (Å²) in [4.78, 5) is 3.53. The molecule has 3 nitrogen and oxygen atoms in total. The Bertz CT molecular complexity index is 656. The fourth-order valence-electron chi connectivity index (χ4n) is 3.01. The SMILES string of the molecule is COc1ccc(C(c2ccc(Cl)s2)N2CCCNCC2)cc1F. The summed E-state index contributed by atoms with van der Waals surface area (Å²) in [5, 5.41) is 3.41. The molecular weight excluding hydrogens is 335 g/mol. The molecule has 0 aliphatic carbocycles. The number of nitrogens with zero attached hydrogens (tertiary/aromatic N) is 1. The van der Waals surface area contributed by atoms with Gasteiger partial charge in [-0.15, -0.1) is 11.3 Å². The van der Waals surface area contributed by atoms with E-state index in [9.17, 15) is 4.39 Å². The number of hydrogen-bond acceptors (Lipinski definition) is 4. The number of halogens is 2. The van der Waals surface area contributed by atoms with Crippen LogP contribution in [0.4, 0.5) is 4.39 Å². The molecule has 1 aliphatic heterocycles. The summed E-state index contributed by atoms with van der Waals surface area (Å²) in [6, 6.07) is 9.19. The average molecular weight is 355 g/mol. The fraction of sp³-hybridized carbons (Fsp3) is 0.412. The molecule has 1 saturated heterocycles. The van der Waals surface area contributed by atoms with Gasteiger partial charge in [-0.3, -0.25) is 4.90 Å². The first kappa shape index (κ1) is 16.7. The normalized spacial score (nSPS) is 17.7. The van der Waals surface area contributed by atoms with Gasteiger partial charge in [0.2, 0.25) is 0 Å². The van der Waals surface area contributed by atoms with E-state index in [1.807, 2.05) is 18.2 Å². The molecule has 3 rings (SSSR count). The zero-order valence-corrected chi connectivity index (χ0v) is 14.6. The van der Waals surface area contributed by atoms with Gasteiger partial charge in [-0.25, -0.2) is 4.39 Å². The Kier molecular flexibility index (Phi) is 5.54. The Hall–Kier alpha value is -1.14. The number of rotatable bonds is 4. The number of thiophene rings is 1. The highest BCUT2D eigenvalue weighted by molar-refractivity contribution is 7.16. The van der Waals surface area contributed by atoms with E-state index in [4.69, 9.17) is 16.3 Å². The second-order valence-electron chi connectivity index (χ2n) is 5.58. The van der Waals surface area contributed by atoms with Crippen molar-refractivity contribution >= 4 is 22.9 Å². The van der Waals surface area contributed by atoms with E-state index in [1.165, 1.54) is 7.11 Å². The lowest BCUT2D eigenvalue weighted by molar-refractivity contribution is 0.243. The molecule has 0 amide bonds. The van der Waals surface area contributed by atoms with Crippen molar-refractivity contribution in [3.63, 3.8) is 0 Å². The smallest absolute Gasteiger partial charge is 0.165 e. The van der Waals surface area contributed by atoms with Crippen LogP contribution in [-0.2, 0) is 0 Å². The maximum absolute atomic E-state index is 14.2. The minimum Gasteiger partial charge on any atom is -0.494 e.